The van der Waals surface area contributed by atoms with Gasteiger partial charge in [0.2, 0.25) is 9.70 Å². The van der Waals surface area contributed by atoms with Crippen molar-refractivity contribution >= 4 is 63.7 Å². The van der Waals surface area contributed by atoms with E-state index in [0.717, 1.165) is 24.3 Å². The number of rotatable bonds is 8. The van der Waals surface area contributed by atoms with Crippen LogP contribution in [0, 0.1) is 0 Å². The van der Waals surface area contributed by atoms with Gasteiger partial charge in [0.15, 0.2) is 5.11 Å². The van der Waals surface area contributed by atoms with Gasteiger partial charge in [-0.05, 0) is 49.8 Å². The van der Waals surface area contributed by atoms with Gasteiger partial charge in [0.1, 0.15) is 11.9 Å². The number of hydrogen-bond donors (Lipinski definition) is 3. The number of alkyl halides is 3. The van der Waals surface area contributed by atoms with Crippen LogP contribution < -0.4 is 20.7 Å². The SMILES string of the molecule is CCCCC(=O)NC(NC(=S)Nc1ccc(OCC)cc1)C(Cl)(Cl)Cl. The van der Waals surface area contributed by atoms with Gasteiger partial charge in [-0.3, -0.25) is 4.79 Å². The molecule has 0 bridgehead atoms. The van der Waals surface area contributed by atoms with Crippen molar-refractivity contribution in [2.24, 2.45) is 0 Å². The minimum Gasteiger partial charge on any atom is -0.494 e. The standard InChI is InChI=1S/C16H22Cl3N3O2S/c1-3-5-6-13(23)21-14(16(17,18)19)22-15(25)20-11-7-9-12(10-8-11)24-4-2/h7-10,14H,3-6H2,1-2H3,(H,21,23)(H2,20,22,25). The first-order chi connectivity index (χ1) is 11.8. The van der Waals surface area contributed by atoms with E-state index in [0.29, 0.717) is 13.0 Å². The van der Waals surface area contributed by atoms with Crippen molar-refractivity contribution in [3.8, 4) is 5.75 Å². The van der Waals surface area contributed by atoms with E-state index in [1.165, 1.54) is 0 Å². The first-order valence-corrected chi connectivity index (χ1v) is 9.47. The Morgan fingerprint density at radius 3 is 2.36 bits per heavy atom. The van der Waals surface area contributed by atoms with Gasteiger partial charge in [0.05, 0.1) is 6.61 Å². The van der Waals surface area contributed by atoms with Crippen LogP contribution in [-0.4, -0.2) is 27.6 Å². The van der Waals surface area contributed by atoms with Crippen LogP contribution >= 0.6 is 47.0 Å². The number of halogens is 3. The normalized spacial score (nSPS) is 12.2. The molecule has 0 aliphatic rings. The second-order valence-electron chi connectivity index (χ2n) is 5.20. The van der Waals surface area contributed by atoms with Gasteiger partial charge in [-0.25, -0.2) is 0 Å². The molecule has 0 saturated carbocycles. The van der Waals surface area contributed by atoms with E-state index in [4.69, 9.17) is 51.8 Å². The Morgan fingerprint density at radius 2 is 1.84 bits per heavy atom. The van der Waals surface area contributed by atoms with Gasteiger partial charge in [0, 0.05) is 12.1 Å². The van der Waals surface area contributed by atoms with Gasteiger partial charge >= 0.3 is 0 Å². The van der Waals surface area contributed by atoms with Crippen LogP contribution in [0.1, 0.15) is 33.1 Å². The molecule has 140 valence electrons. The fourth-order valence-electron chi connectivity index (χ4n) is 1.87. The number of ether oxygens (including phenoxy) is 1. The highest BCUT2D eigenvalue weighted by Crippen LogP contribution is 2.29. The van der Waals surface area contributed by atoms with Gasteiger partial charge in [0.25, 0.3) is 0 Å². The van der Waals surface area contributed by atoms with Crippen molar-refractivity contribution in [2.45, 2.75) is 43.1 Å². The zero-order valence-electron chi connectivity index (χ0n) is 14.1. The van der Waals surface area contributed by atoms with Crippen molar-refractivity contribution in [2.75, 3.05) is 11.9 Å². The molecular formula is C16H22Cl3N3O2S. The maximum Gasteiger partial charge on any atom is 0.228 e. The third-order valence-corrected chi connectivity index (χ3v) is 3.96. The lowest BCUT2D eigenvalue weighted by atomic mass is 10.2. The predicted octanol–water partition coefficient (Wildman–Crippen LogP) is 4.37. The summed E-state index contributed by atoms with van der Waals surface area (Å²) >= 11 is 23.0. The molecule has 0 saturated heterocycles. The van der Waals surface area contributed by atoms with E-state index in [1.54, 1.807) is 0 Å². The summed E-state index contributed by atoms with van der Waals surface area (Å²) in [4.78, 5) is 11.9. The Labute approximate surface area is 168 Å². The predicted molar refractivity (Wildman–Crippen MR) is 109 cm³/mol. The molecule has 0 aliphatic carbocycles. The number of benzene rings is 1. The molecular weight excluding hydrogens is 405 g/mol. The van der Waals surface area contributed by atoms with Crippen LogP contribution in [0.4, 0.5) is 5.69 Å². The number of anilines is 1. The summed E-state index contributed by atoms with van der Waals surface area (Å²) in [7, 11) is 0. The average Bonchev–Trinajstić information content (AvgIpc) is 2.53. The molecule has 0 aliphatic heterocycles. The minimum absolute atomic E-state index is 0.213. The fourth-order valence-corrected chi connectivity index (χ4v) is 2.43. The average molecular weight is 427 g/mol. The number of unbranched alkanes of at least 4 members (excludes halogenated alkanes) is 1. The summed E-state index contributed by atoms with van der Waals surface area (Å²) < 4.78 is 3.62. The molecule has 0 fully saturated rings. The van der Waals surface area contributed by atoms with Gasteiger partial charge in [-0.15, -0.1) is 0 Å². The molecule has 1 aromatic rings. The summed E-state index contributed by atoms with van der Waals surface area (Å²) in [5, 5.41) is 8.64. The van der Waals surface area contributed by atoms with Crippen LogP contribution in [0.2, 0.25) is 0 Å². The number of carbonyl (C=O) groups excluding carboxylic acids is 1. The quantitative estimate of drug-likeness (QED) is 0.327. The van der Waals surface area contributed by atoms with E-state index in [2.05, 4.69) is 16.0 Å². The molecule has 3 N–H and O–H groups in total. The molecule has 25 heavy (non-hydrogen) atoms. The first kappa shape index (κ1) is 22.1. The van der Waals surface area contributed by atoms with Crippen LogP contribution in [0.15, 0.2) is 24.3 Å². The van der Waals surface area contributed by atoms with Gasteiger partial charge in [-0.1, -0.05) is 48.1 Å². The van der Waals surface area contributed by atoms with E-state index in [-0.39, 0.29) is 11.0 Å². The third kappa shape index (κ3) is 8.81. The van der Waals surface area contributed by atoms with Crippen LogP contribution in [-0.2, 0) is 4.79 Å². The van der Waals surface area contributed by atoms with Crippen molar-refractivity contribution in [1.29, 1.82) is 0 Å². The van der Waals surface area contributed by atoms with E-state index < -0.39 is 9.96 Å². The monoisotopic (exact) mass is 425 g/mol. The molecule has 0 heterocycles. The molecule has 1 aromatic carbocycles. The molecule has 1 rings (SSSR count). The Balaban J connectivity index is 2.63. The molecule has 1 unspecified atom stereocenters. The smallest absolute Gasteiger partial charge is 0.228 e. The zero-order chi connectivity index (χ0) is 18.9. The van der Waals surface area contributed by atoms with Crippen molar-refractivity contribution in [3.05, 3.63) is 24.3 Å². The second-order valence-corrected chi connectivity index (χ2v) is 7.98. The minimum atomic E-state index is -1.76. The summed E-state index contributed by atoms with van der Waals surface area (Å²) in [5.41, 5.74) is 0.737. The largest absolute Gasteiger partial charge is 0.494 e. The highest BCUT2D eigenvalue weighted by Gasteiger charge is 2.34. The molecule has 0 spiro atoms. The molecule has 9 heteroatoms. The Hall–Kier alpha value is -0.950. The Bertz CT molecular complexity index is 565. The van der Waals surface area contributed by atoms with E-state index >= 15 is 0 Å². The van der Waals surface area contributed by atoms with Crippen LogP contribution in [0.5, 0.6) is 5.75 Å². The second kappa shape index (κ2) is 10.9. The van der Waals surface area contributed by atoms with E-state index in [9.17, 15) is 4.79 Å². The van der Waals surface area contributed by atoms with Gasteiger partial charge < -0.3 is 20.7 Å². The highest BCUT2D eigenvalue weighted by molar-refractivity contribution is 7.80. The fraction of sp³-hybridized carbons (Fsp3) is 0.500. The molecule has 1 atom stereocenters. The molecule has 0 aromatic heterocycles. The van der Waals surface area contributed by atoms with Crippen molar-refractivity contribution in [1.82, 2.24) is 10.6 Å². The van der Waals surface area contributed by atoms with Crippen molar-refractivity contribution < 1.29 is 9.53 Å². The first-order valence-electron chi connectivity index (χ1n) is 7.92. The molecule has 5 nitrogen and oxygen atoms in total. The number of hydrogen-bond acceptors (Lipinski definition) is 3. The van der Waals surface area contributed by atoms with E-state index in [1.807, 2.05) is 38.1 Å². The molecule has 1 amide bonds. The maximum absolute atomic E-state index is 11.9. The summed E-state index contributed by atoms with van der Waals surface area (Å²) in [5.74, 6) is 0.545. The summed E-state index contributed by atoms with van der Waals surface area (Å²) in [6.45, 7) is 4.50. The highest BCUT2D eigenvalue weighted by atomic mass is 35.6. The molecule has 0 radical (unpaired) electrons. The lowest BCUT2D eigenvalue weighted by molar-refractivity contribution is -0.122. The lowest BCUT2D eigenvalue weighted by Crippen LogP contribution is -2.56. The number of thiocarbonyl (C=S) groups is 1. The van der Waals surface area contributed by atoms with Gasteiger partial charge in [-0.2, -0.15) is 0 Å². The summed E-state index contributed by atoms with van der Waals surface area (Å²) in [6.07, 6.45) is 1.06. The van der Waals surface area contributed by atoms with Crippen molar-refractivity contribution in [3.63, 3.8) is 0 Å². The Kier molecular flexibility index (Phi) is 9.64. The topological polar surface area (TPSA) is 62.4 Å². The lowest BCUT2D eigenvalue weighted by Gasteiger charge is -2.27. The zero-order valence-corrected chi connectivity index (χ0v) is 17.2. The number of amides is 1. The maximum atomic E-state index is 11.9. The number of carbonyl (C=O) groups is 1. The third-order valence-electron chi connectivity index (χ3n) is 3.09. The van der Waals surface area contributed by atoms with Crippen LogP contribution in [0.3, 0.4) is 0 Å². The number of nitrogens with one attached hydrogen (secondary N) is 3. The summed E-state index contributed by atoms with van der Waals surface area (Å²) in [6, 6.07) is 7.24. The Morgan fingerprint density at radius 1 is 1.20 bits per heavy atom. The van der Waals surface area contributed by atoms with Crippen LogP contribution in [0.25, 0.3) is 0 Å².